The Balaban J connectivity index is 1.29. The third kappa shape index (κ3) is 6.13. The first kappa shape index (κ1) is 25.9. The number of methoxy groups -OCH3 is 1. The van der Waals surface area contributed by atoms with Gasteiger partial charge >= 0.3 is 0 Å². The number of sulfonamides is 1. The minimum Gasteiger partial charge on any atom is -0.497 e. The summed E-state index contributed by atoms with van der Waals surface area (Å²) >= 11 is 0. The first-order valence-electron chi connectivity index (χ1n) is 12.0. The summed E-state index contributed by atoms with van der Waals surface area (Å²) in [5.74, 6) is 0.755. The van der Waals surface area contributed by atoms with Crippen molar-refractivity contribution in [2.24, 2.45) is 0 Å². The van der Waals surface area contributed by atoms with Gasteiger partial charge in [0.15, 0.2) is 0 Å². The van der Waals surface area contributed by atoms with Crippen LogP contribution >= 0.6 is 0 Å². The molecule has 0 saturated carbocycles. The molecule has 7 nitrogen and oxygen atoms in total. The summed E-state index contributed by atoms with van der Waals surface area (Å²) in [5.41, 5.74) is 3.81. The molecule has 1 aliphatic rings. The molecule has 3 aromatic carbocycles. The molecule has 0 N–H and O–H groups in total. The summed E-state index contributed by atoms with van der Waals surface area (Å²) in [6.45, 7) is 5.42. The zero-order valence-electron chi connectivity index (χ0n) is 21.1. The minimum absolute atomic E-state index is 0.0349. The zero-order valence-corrected chi connectivity index (χ0v) is 21.9. The SMILES string of the molecule is COc1ccc(CN(C)C(=O)c2ccc(CN3CCN(S(=O)(=O)c4ccc(C)cc4)CC3)cc2)cc1. The summed E-state index contributed by atoms with van der Waals surface area (Å²) in [6.07, 6.45) is 0. The summed E-state index contributed by atoms with van der Waals surface area (Å²) in [7, 11) is -0.0398. The molecule has 1 aliphatic heterocycles. The number of rotatable bonds is 8. The van der Waals surface area contributed by atoms with Crippen molar-refractivity contribution in [3.8, 4) is 5.75 Å². The van der Waals surface area contributed by atoms with Crippen LogP contribution in [-0.2, 0) is 23.1 Å². The predicted molar refractivity (Wildman–Crippen MR) is 140 cm³/mol. The maximum atomic E-state index is 12.9. The van der Waals surface area contributed by atoms with Crippen molar-refractivity contribution in [3.63, 3.8) is 0 Å². The normalized spacial score (nSPS) is 15.0. The maximum absolute atomic E-state index is 12.9. The quantitative estimate of drug-likeness (QED) is 0.464. The van der Waals surface area contributed by atoms with E-state index in [2.05, 4.69) is 4.90 Å². The molecule has 0 aromatic heterocycles. The molecule has 0 atom stereocenters. The van der Waals surface area contributed by atoms with Crippen molar-refractivity contribution in [2.45, 2.75) is 24.9 Å². The van der Waals surface area contributed by atoms with Gasteiger partial charge in [-0.2, -0.15) is 4.31 Å². The number of ether oxygens (including phenoxy) is 1. The third-order valence-electron chi connectivity index (χ3n) is 6.52. The molecule has 1 heterocycles. The van der Waals surface area contributed by atoms with Crippen molar-refractivity contribution < 1.29 is 17.9 Å². The number of hydrogen-bond acceptors (Lipinski definition) is 5. The Morgan fingerprint density at radius 3 is 2.03 bits per heavy atom. The lowest BCUT2D eigenvalue weighted by molar-refractivity contribution is 0.0785. The molecule has 0 aliphatic carbocycles. The van der Waals surface area contributed by atoms with Crippen molar-refractivity contribution in [1.29, 1.82) is 0 Å². The van der Waals surface area contributed by atoms with Crippen LogP contribution in [0.4, 0.5) is 0 Å². The van der Waals surface area contributed by atoms with Gasteiger partial charge in [-0.15, -0.1) is 0 Å². The summed E-state index contributed by atoms with van der Waals surface area (Å²) < 4.78 is 32.6. The van der Waals surface area contributed by atoms with Crippen LogP contribution in [0, 0.1) is 6.92 Å². The molecule has 3 aromatic rings. The van der Waals surface area contributed by atoms with E-state index >= 15 is 0 Å². The van der Waals surface area contributed by atoms with Crippen molar-refractivity contribution in [1.82, 2.24) is 14.1 Å². The van der Waals surface area contributed by atoms with Gasteiger partial charge in [-0.1, -0.05) is 42.0 Å². The van der Waals surface area contributed by atoms with E-state index in [-0.39, 0.29) is 5.91 Å². The highest BCUT2D eigenvalue weighted by Gasteiger charge is 2.28. The highest BCUT2D eigenvalue weighted by molar-refractivity contribution is 7.89. The van der Waals surface area contributed by atoms with Crippen LogP contribution in [0.2, 0.25) is 0 Å². The van der Waals surface area contributed by atoms with Gasteiger partial charge in [0.25, 0.3) is 5.91 Å². The van der Waals surface area contributed by atoms with E-state index < -0.39 is 10.0 Å². The fourth-order valence-electron chi connectivity index (χ4n) is 4.30. The van der Waals surface area contributed by atoms with E-state index in [4.69, 9.17) is 4.74 Å². The number of hydrogen-bond donors (Lipinski definition) is 0. The van der Waals surface area contributed by atoms with E-state index in [1.54, 1.807) is 35.5 Å². The monoisotopic (exact) mass is 507 g/mol. The Morgan fingerprint density at radius 1 is 0.861 bits per heavy atom. The topological polar surface area (TPSA) is 70.2 Å². The number of amides is 1. The van der Waals surface area contributed by atoms with E-state index in [0.717, 1.165) is 22.4 Å². The Hall–Kier alpha value is -3.20. The highest BCUT2D eigenvalue weighted by Crippen LogP contribution is 2.20. The fourth-order valence-corrected chi connectivity index (χ4v) is 5.72. The van der Waals surface area contributed by atoms with Crippen LogP contribution in [0.25, 0.3) is 0 Å². The molecular formula is C28H33N3O4S. The smallest absolute Gasteiger partial charge is 0.253 e. The van der Waals surface area contributed by atoms with Crippen LogP contribution in [-0.4, -0.2) is 68.8 Å². The molecule has 1 saturated heterocycles. The largest absolute Gasteiger partial charge is 0.497 e. The van der Waals surface area contributed by atoms with E-state index in [9.17, 15) is 13.2 Å². The lowest BCUT2D eigenvalue weighted by Crippen LogP contribution is -2.48. The van der Waals surface area contributed by atoms with Crippen LogP contribution in [0.15, 0.2) is 77.7 Å². The van der Waals surface area contributed by atoms with Gasteiger partial charge in [-0.25, -0.2) is 8.42 Å². The Labute approximate surface area is 214 Å². The van der Waals surface area contributed by atoms with Crippen molar-refractivity contribution in [2.75, 3.05) is 40.3 Å². The second-order valence-electron chi connectivity index (χ2n) is 9.20. The Kier molecular flexibility index (Phi) is 8.08. The van der Waals surface area contributed by atoms with E-state index in [0.29, 0.717) is 49.7 Å². The van der Waals surface area contributed by atoms with Gasteiger partial charge in [-0.05, 0) is 54.4 Å². The third-order valence-corrected chi connectivity index (χ3v) is 8.44. The number of piperazine rings is 1. The molecule has 8 heteroatoms. The second-order valence-corrected chi connectivity index (χ2v) is 11.1. The van der Waals surface area contributed by atoms with Gasteiger partial charge in [-0.3, -0.25) is 9.69 Å². The zero-order chi connectivity index (χ0) is 25.7. The molecule has 190 valence electrons. The van der Waals surface area contributed by atoms with Gasteiger partial charge < -0.3 is 9.64 Å². The standard InChI is InChI=1S/C28H33N3O4S/c1-22-4-14-27(15-5-22)36(33,34)31-18-16-30(17-19-31)21-24-6-10-25(11-7-24)28(32)29(2)20-23-8-12-26(35-3)13-9-23/h4-15H,16-21H2,1-3H3. The molecule has 4 rings (SSSR count). The van der Waals surface area contributed by atoms with Crippen molar-refractivity contribution >= 4 is 15.9 Å². The average molecular weight is 508 g/mol. The number of aryl methyl sites for hydroxylation is 1. The molecule has 36 heavy (non-hydrogen) atoms. The number of carbonyl (C=O) groups excluding carboxylic acids is 1. The second kappa shape index (κ2) is 11.2. The molecule has 1 amide bonds. The minimum atomic E-state index is -3.47. The summed E-state index contributed by atoms with van der Waals surface area (Å²) in [6, 6.07) is 22.4. The molecular weight excluding hydrogens is 474 g/mol. The number of nitrogens with zero attached hydrogens (tertiary/aromatic N) is 3. The first-order valence-corrected chi connectivity index (χ1v) is 13.5. The molecule has 1 fully saturated rings. The van der Waals surface area contributed by atoms with E-state index in [1.165, 1.54) is 0 Å². The number of benzene rings is 3. The lowest BCUT2D eigenvalue weighted by atomic mass is 10.1. The molecule has 0 spiro atoms. The fraction of sp³-hybridized carbons (Fsp3) is 0.321. The van der Waals surface area contributed by atoms with E-state index in [1.807, 2.05) is 67.6 Å². The molecule has 0 radical (unpaired) electrons. The average Bonchev–Trinajstić information content (AvgIpc) is 2.90. The van der Waals surface area contributed by atoms with Gasteiger partial charge in [0, 0.05) is 51.9 Å². The Bertz CT molecular complexity index is 1270. The molecule has 0 unspecified atom stereocenters. The predicted octanol–water partition coefficient (Wildman–Crippen LogP) is 3.78. The maximum Gasteiger partial charge on any atom is 0.253 e. The van der Waals surface area contributed by atoms with Crippen LogP contribution in [0.1, 0.15) is 27.0 Å². The molecule has 0 bridgehead atoms. The first-order chi connectivity index (χ1) is 17.3. The highest BCUT2D eigenvalue weighted by atomic mass is 32.2. The van der Waals surface area contributed by atoms with Crippen LogP contribution < -0.4 is 4.74 Å². The van der Waals surface area contributed by atoms with Crippen LogP contribution in [0.3, 0.4) is 0 Å². The van der Waals surface area contributed by atoms with Crippen LogP contribution in [0.5, 0.6) is 5.75 Å². The van der Waals surface area contributed by atoms with Gasteiger partial charge in [0.2, 0.25) is 10.0 Å². The summed E-state index contributed by atoms with van der Waals surface area (Å²) in [5, 5.41) is 0. The van der Waals surface area contributed by atoms with Crippen molar-refractivity contribution in [3.05, 3.63) is 95.1 Å². The lowest BCUT2D eigenvalue weighted by Gasteiger charge is -2.34. The number of carbonyl (C=O) groups is 1. The Morgan fingerprint density at radius 2 is 1.44 bits per heavy atom. The van der Waals surface area contributed by atoms with Gasteiger partial charge in [0.1, 0.15) is 5.75 Å². The van der Waals surface area contributed by atoms with Gasteiger partial charge in [0.05, 0.1) is 12.0 Å². The summed E-state index contributed by atoms with van der Waals surface area (Å²) in [4.78, 5) is 17.2.